The second kappa shape index (κ2) is 3.92. The second-order valence-corrected chi connectivity index (χ2v) is 3.08. The third kappa shape index (κ3) is 2.71. The highest BCUT2D eigenvalue weighted by Gasteiger charge is 2.43. The molecule has 1 unspecified atom stereocenters. The van der Waals surface area contributed by atoms with Crippen molar-refractivity contribution >= 4 is 11.9 Å². The lowest BCUT2D eigenvalue weighted by Gasteiger charge is -2.27. The fraction of sp³-hybridized carbons (Fsp3) is 0.500. The number of carboxylic acids is 1. The summed E-state index contributed by atoms with van der Waals surface area (Å²) < 4.78 is 36.0. The fourth-order valence-corrected chi connectivity index (χ4v) is 1.23. The summed E-state index contributed by atoms with van der Waals surface area (Å²) >= 11 is 0. The molecule has 0 fully saturated rings. The number of rotatable bonds is 1. The van der Waals surface area contributed by atoms with Crippen LogP contribution in [0, 0.1) is 5.92 Å². The molecule has 1 aliphatic heterocycles. The number of halogens is 3. The zero-order chi connectivity index (χ0) is 11.6. The van der Waals surface area contributed by atoms with Gasteiger partial charge in [-0.05, 0) is 0 Å². The van der Waals surface area contributed by atoms with Crippen LogP contribution < -0.4 is 0 Å². The summed E-state index contributed by atoms with van der Waals surface area (Å²) in [6.07, 6.45) is -2.43. The maximum atomic E-state index is 12.0. The highest BCUT2D eigenvalue weighted by Crippen LogP contribution is 2.21. The van der Waals surface area contributed by atoms with E-state index in [1.54, 1.807) is 0 Å². The van der Waals surface area contributed by atoms with Crippen molar-refractivity contribution in [2.75, 3.05) is 13.1 Å². The first kappa shape index (κ1) is 11.5. The zero-order valence-corrected chi connectivity index (χ0v) is 7.49. The van der Waals surface area contributed by atoms with Crippen molar-refractivity contribution in [2.24, 2.45) is 5.92 Å². The topological polar surface area (TPSA) is 57.6 Å². The highest BCUT2D eigenvalue weighted by molar-refractivity contribution is 5.83. The third-order valence-electron chi connectivity index (χ3n) is 1.96. The minimum atomic E-state index is -4.95. The van der Waals surface area contributed by atoms with E-state index in [4.69, 9.17) is 5.11 Å². The van der Waals surface area contributed by atoms with Gasteiger partial charge < -0.3 is 10.0 Å². The van der Waals surface area contributed by atoms with E-state index in [2.05, 4.69) is 0 Å². The van der Waals surface area contributed by atoms with Crippen LogP contribution >= 0.6 is 0 Å². The molecule has 0 radical (unpaired) electrons. The molecular formula is C8H8F3NO3. The number of hydrogen-bond acceptors (Lipinski definition) is 2. The van der Waals surface area contributed by atoms with Crippen molar-refractivity contribution in [3.63, 3.8) is 0 Å². The third-order valence-corrected chi connectivity index (χ3v) is 1.96. The van der Waals surface area contributed by atoms with Crippen LogP contribution in [0.3, 0.4) is 0 Å². The average Bonchev–Trinajstić information content (AvgIpc) is 2.15. The molecule has 0 aromatic carbocycles. The zero-order valence-electron chi connectivity index (χ0n) is 7.49. The van der Waals surface area contributed by atoms with Gasteiger partial charge in [-0.3, -0.25) is 9.59 Å². The number of carbonyl (C=O) groups is 2. The SMILES string of the molecule is O=C(O)C1C=CCN(C(=O)C(F)(F)F)C1. The van der Waals surface area contributed by atoms with E-state index in [1.165, 1.54) is 12.2 Å². The predicted octanol–water partition coefficient (Wildman–Crippen LogP) is 0.648. The molecule has 1 rings (SSSR count). The molecule has 1 atom stereocenters. The summed E-state index contributed by atoms with van der Waals surface area (Å²) in [4.78, 5) is 21.7. The van der Waals surface area contributed by atoms with Crippen LogP contribution in [0.25, 0.3) is 0 Å². The Labute approximate surface area is 83.0 Å². The standard InChI is InChI=1S/C8H8F3NO3/c9-8(10,11)7(15)12-3-1-2-5(4-12)6(13)14/h1-2,5H,3-4H2,(H,13,14). The number of aliphatic carboxylic acids is 1. The summed E-state index contributed by atoms with van der Waals surface area (Å²) in [5.41, 5.74) is 0. The summed E-state index contributed by atoms with van der Waals surface area (Å²) in [6.45, 7) is -0.647. The van der Waals surface area contributed by atoms with Crippen molar-refractivity contribution in [3.05, 3.63) is 12.2 Å². The van der Waals surface area contributed by atoms with E-state index in [0.29, 0.717) is 4.90 Å². The lowest BCUT2D eigenvalue weighted by atomic mass is 10.1. The fourth-order valence-electron chi connectivity index (χ4n) is 1.23. The average molecular weight is 223 g/mol. The molecule has 0 bridgehead atoms. The predicted molar refractivity (Wildman–Crippen MR) is 42.9 cm³/mol. The first-order valence-corrected chi connectivity index (χ1v) is 4.08. The molecule has 4 nitrogen and oxygen atoms in total. The minimum Gasteiger partial charge on any atom is -0.481 e. The van der Waals surface area contributed by atoms with Gasteiger partial charge in [0.2, 0.25) is 0 Å². The normalized spacial score (nSPS) is 21.5. The van der Waals surface area contributed by atoms with Crippen LogP contribution in [0.1, 0.15) is 0 Å². The summed E-state index contributed by atoms with van der Waals surface area (Å²) in [7, 11) is 0. The molecular weight excluding hydrogens is 215 g/mol. The lowest BCUT2D eigenvalue weighted by molar-refractivity contribution is -0.185. The number of alkyl halides is 3. The Kier molecular flexibility index (Phi) is 3.01. The molecule has 0 aromatic rings. The molecule has 0 aromatic heterocycles. The smallest absolute Gasteiger partial charge is 0.471 e. The molecule has 0 saturated carbocycles. The summed E-state index contributed by atoms with van der Waals surface area (Å²) in [5, 5.41) is 8.57. The first-order valence-electron chi connectivity index (χ1n) is 4.08. The van der Waals surface area contributed by atoms with Crippen LogP contribution in [0.4, 0.5) is 13.2 Å². The summed E-state index contributed by atoms with van der Waals surface area (Å²) in [6, 6.07) is 0. The molecule has 0 saturated heterocycles. The Morgan fingerprint density at radius 2 is 2.00 bits per heavy atom. The van der Waals surface area contributed by atoms with Gasteiger partial charge in [0.05, 0.1) is 5.92 Å². The van der Waals surface area contributed by atoms with Gasteiger partial charge in [-0.15, -0.1) is 0 Å². The largest absolute Gasteiger partial charge is 0.481 e. The molecule has 0 spiro atoms. The van der Waals surface area contributed by atoms with Crippen molar-refractivity contribution in [1.29, 1.82) is 0 Å². The van der Waals surface area contributed by atoms with Gasteiger partial charge in [-0.25, -0.2) is 0 Å². The second-order valence-electron chi connectivity index (χ2n) is 3.08. The number of carboxylic acid groups (broad SMARTS) is 1. The number of hydrogen-bond donors (Lipinski definition) is 1. The van der Waals surface area contributed by atoms with Crippen LogP contribution in [0.5, 0.6) is 0 Å². The van der Waals surface area contributed by atoms with Gasteiger partial charge >= 0.3 is 18.1 Å². The van der Waals surface area contributed by atoms with Crippen LogP contribution in [0.15, 0.2) is 12.2 Å². The highest BCUT2D eigenvalue weighted by atomic mass is 19.4. The maximum Gasteiger partial charge on any atom is 0.471 e. The Hall–Kier alpha value is -1.53. The van der Waals surface area contributed by atoms with E-state index >= 15 is 0 Å². The Morgan fingerprint density at radius 3 is 2.47 bits per heavy atom. The molecule has 15 heavy (non-hydrogen) atoms. The number of carbonyl (C=O) groups excluding carboxylic acids is 1. The number of nitrogens with zero attached hydrogens (tertiary/aromatic N) is 1. The van der Waals surface area contributed by atoms with E-state index in [0.717, 1.165) is 0 Å². The van der Waals surface area contributed by atoms with Gasteiger partial charge in [0.15, 0.2) is 0 Å². The summed E-state index contributed by atoms with van der Waals surface area (Å²) in [5.74, 6) is -4.31. The molecule has 84 valence electrons. The Balaban J connectivity index is 2.72. The van der Waals surface area contributed by atoms with Gasteiger partial charge in [0, 0.05) is 13.1 Å². The Bertz CT molecular complexity index is 311. The van der Waals surface area contributed by atoms with Crippen LogP contribution in [-0.2, 0) is 9.59 Å². The maximum absolute atomic E-state index is 12.0. The quantitative estimate of drug-likeness (QED) is 0.664. The van der Waals surface area contributed by atoms with Crippen molar-refractivity contribution < 1.29 is 27.9 Å². The van der Waals surface area contributed by atoms with Gasteiger partial charge in [0.25, 0.3) is 0 Å². The van der Waals surface area contributed by atoms with E-state index in [9.17, 15) is 22.8 Å². The van der Waals surface area contributed by atoms with Gasteiger partial charge in [-0.1, -0.05) is 12.2 Å². The van der Waals surface area contributed by atoms with Crippen LogP contribution in [0.2, 0.25) is 0 Å². The molecule has 1 N–H and O–H groups in total. The molecule has 1 amide bonds. The van der Waals surface area contributed by atoms with E-state index in [1.807, 2.05) is 0 Å². The molecule has 7 heteroatoms. The minimum absolute atomic E-state index is 0.206. The molecule has 1 heterocycles. The number of amides is 1. The first-order chi connectivity index (χ1) is 6.82. The van der Waals surface area contributed by atoms with Crippen molar-refractivity contribution in [3.8, 4) is 0 Å². The lowest BCUT2D eigenvalue weighted by Crippen LogP contribution is -2.46. The van der Waals surface area contributed by atoms with Crippen molar-refractivity contribution in [2.45, 2.75) is 6.18 Å². The van der Waals surface area contributed by atoms with Crippen molar-refractivity contribution in [1.82, 2.24) is 4.90 Å². The van der Waals surface area contributed by atoms with Crippen LogP contribution in [-0.4, -0.2) is 41.1 Å². The van der Waals surface area contributed by atoms with Gasteiger partial charge in [-0.2, -0.15) is 13.2 Å². The molecule has 0 aliphatic carbocycles. The van der Waals surface area contributed by atoms with E-state index < -0.39 is 30.5 Å². The van der Waals surface area contributed by atoms with E-state index in [-0.39, 0.29) is 6.54 Å². The Morgan fingerprint density at radius 1 is 1.40 bits per heavy atom. The monoisotopic (exact) mass is 223 g/mol. The van der Waals surface area contributed by atoms with Gasteiger partial charge in [0.1, 0.15) is 0 Å². The molecule has 1 aliphatic rings.